The van der Waals surface area contributed by atoms with Gasteiger partial charge in [-0.2, -0.15) is 16.1 Å². The Labute approximate surface area is 152 Å². The van der Waals surface area contributed by atoms with Gasteiger partial charge < -0.3 is 0 Å². The molecule has 2 aromatic carbocycles. The maximum atomic E-state index is 14.0. The van der Waals surface area contributed by atoms with Gasteiger partial charge in [0, 0.05) is 35.1 Å². The van der Waals surface area contributed by atoms with Crippen LogP contribution in [0.4, 0.5) is 4.39 Å². The van der Waals surface area contributed by atoms with E-state index in [1.807, 2.05) is 36.4 Å². The van der Waals surface area contributed by atoms with Crippen molar-refractivity contribution in [1.29, 1.82) is 0 Å². The van der Waals surface area contributed by atoms with Crippen LogP contribution >= 0.6 is 11.8 Å². The van der Waals surface area contributed by atoms with E-state index in [0.29, 0.717) is 30.8 Å². The third-order valence-corrected chi connectivity index (χ3v) is 7.02. The number of hydrogen-bond acceptors (Lipinski definition) is 3. The highest BCUT2D eigenvalue weighted by atomic mass is 32.2. The fourth-order valence-electron chi connectivity index (χ4n) is 2.80. The summed E-state index contributed by atoms with van der Waals surface area (Å²) < 4.78 is 40.6. The second-order valence-corrected chi connectivity index (χ2v) is 8.96. The van der Waals surface area contributed by atoms with Gasteiger partial charge in [0.25, 0.3) is 0 Å². The van der Waals surface area contributed by atoms with Crippen LogP contribution in [0, 0.1) is 5.82 Å². The molecule has 0 unspecified atom stereocenters. The minimum absolute atomic E-state index is 0.0143. The van der Waals surface area contributed by atoms with Gasteiger partial charge in [-0.25, -0.2) is 12.8 Å². The molecule has 2 aromatic rings. The largest absolute Gasteiger partial charge is 0.236 e. The summed E-state index contributed by atoms with van der Waals surface area (Å²) in [5, 5.41) is 1.25. The van der Waals surface area contributed by atoms with Crippen molar-refractivity contribution >= 4 is 27.9 Å². The number of benzene rings is 2. The van der Waals surface area contributed by atoms with Gasteiger partial charge in [-0.1, -0.05) is 48.5 Å². The molecule has 0 amide bonds. The summed E-state index contributed by atoms with van der Waals surface area (Å²) in [6, 6.07) is 16.1. The third-order valence-electron chi connectivity index (χ3n) is 4.14. The molecule has 1 atom stereocenters. The minimum Gasteiger partial charge on any atom is -0.208 e. The summed E-state index contributed by atoms with van der Waals surface area (Å²) >= 11 is 1.62. The monoisotopic (exact) mass is 377 g/mol. The van der Waals surface area contributed by atoms with E-state index in [0.717, 1.165) is 5.56 Å². The quantitative estimate of drug-likeness (QED) is 0.797. The van der Waals surface area contributed by atoms with Crippen molar-refractivity contribution in [1.82, 2.24) is 4.31 Å². The summed E-state index contributed by atoms with van der Waals surface area (Å²) in [6.07, 6.45) is 2.21. The first kappa shape index (κ1) is 18.2. The smallest absolute Gasteiger partial charge is 0.208 e. The molecule has 1 saturated heterocycles. The SMILES string of the molecule is O=S(=O)(/C=C/c1ccccc1)N1CCS[C@@H](c2ccccc2F)CC1. The lowest BCUT2D eigenvalue weighted by Gasteiger charge is -2.18. The van der Waals surface area contributed by atoms with E-state index in [4.69, 9.17) is 0 Å². The molecule has 6 heteroatoms. The van der Waals surface area contributed by atoms with Crippen LogP contribution in [0.2, 0.25) is 0 Å². The molecular weight excluding hydrogens is 357 g/mol. The molecule has 1 aliphatic heterocycles. The molecule has 0 N–H and O–H groups in total. The zero-order valence-electron chi connectivity index (χ0n) is 13.7. The first-order valence-electron chi connectivity index (χ1n) is 8.15. The van der Waals surface area contributed by atoms with Crippen LogP contribution in [0.25, 0.3) is 6.08 Å². The molecule has 1 aliphatic rings. The molecular formula is C19H20FNO2S2. The maximum absolute atomic E-state index is 14.0. The normalized spacial score (nSPS) is 19.8. The number of thioether (sulfide) groups is 1. The van der Waals surface area contributed by atoms with E-state index >= 15 is 0 Å². The number of halogens is 1. The highest BCUT2D eigenvalue weighted by Crippen LogP contribution is 2.36. The molecule has 0 saturated carbocycles. The molecule has 0 bridgehead atoms. The van der Waals surface area contributed by atoms with Crippen molar-refractivity contribution in [2.75, 3.05) is 18.8 Å². The summed E-state index contributed by atoms with van der Waals surface area (Å²) in [5.41, 5.74) is 1.51. The summed E-state index contributed by atoms with van der Waals surface area (Å²) in [4.78, 5) is 0. The highest BCUT2D eigenvalue weighted by molar-refractivity contribution is 7.99. The topological polar surface area (TPSA) is 37.4 Å². The van der Waals surface area contributed by atoms with Crippen LogP contribution in [0.1, 0.15) is 22.8 Å². The lowest BCUT2D eigenvalue weighted by atomic mass is 10.1. The first-order valence-corrected chi connectivity index (χ1v) is 10.7. The van der Waals surface area contributed by atoms with Crippen LogP contribution in [-0.4, -0.2) is 31.6 Å². The molecule has 0 radical (unpaired) electrons. The Kier molecular flexibility index (Phi) is 5.93. The van der Waals surface area contributed by atoms with Gasteiger partial charge in [-0.15, -0.1) is 0 Å². The molecule has 3 nitrogen and oxygen atoms in total. The van der Waals surface area contributed by atoms with Crippen LogP contribution in [0.15, 0.2) is 60.0 Å². The third kappa shape index (κ3) is 4.71. The zero-order valence-corrected chi connectivity index (χ0v) is 15.3. The van der Waals surface area contributed by atoms with E-state index in [1.165, 1.54) is 15.8 Å². The van der Waals surface area contributed by atoms with Crippen molar-refractivity contribution in [3.05, 3.63) is 76.9 Å². The maximum Gasteiger partial charge on any atom is 0.236 e. The van der Waals surface area contributed by atoms with Gasteiger partial charge in [0.15, 0.2) is 0 Å². The molecule has 132 valence electrons. The lowest BCUT2D eigenvalue weighted by Crippen LogP contribution is -2.31. The Morgan fingerprint density at radius 3 is 2.52 bits per heavy atom. The van der Waals surface area contributed by atoms with E-state index in [1.54, 1.807) is 30.0 Å². The van der Waals surface area contributed by atoms with Gasteiger partial charge in [0.1, 0.15) is 5.82 Å². The second kappa shape index (κ2) is 8.17. The molecule has 0 aromatic heterocycles. The van der Waals surface area contributed by atoms with Crippen molar-refractivity contribution in [2.24, 2.45) is 0 Å². The van der Waals surface area contributed by atoms with Crippen LogP contribution in [-0.2, 0) is 10.0 Å². The zero-order chi connectivity index (χ0) is 17.7. The van der Waals surface area contributed by atoms with Crippen molar-refractivity contribution in [3.63, 3.8) is 0 Å². The summed E-state index contributed by atoms with van der Waals surface area (Å²) in [7, 11) is -3.47. The molecule has 1 heterocycles. The summed E-state index contributed by atoms with van der Waals surface area (Å²) in [6.45, 7) is 0.838. The Hall–Kier alpha value is -1.63. The molecule has 0 aliphatic carbocycles. The second-order valence-electron chi connectivity index (χ2n) is 5.83. The number of rotatable bonds is 4. The van der Waals surface area contributed by atoms with E-state index < -0.39 is 10.0 Å². The van der Waals surface area contributed by atoms with E-state index in [-0.39, 0.29) is 11.1 Å². The molecule has 3 rings (SSSR count). The van der Waals surface area contributed by atoms with E-state index in [9.17, 15) is 12.8 Å². The van der Waals surface area contributed by atoms with Gasteiger partial charge in [0.2, 0.25) is 10.0 Å². The van der Waals surface area contributed by atoms with Gasteiger partial charge >= 0.3 is 0 Å². The first-order chi connectivity index (χ1) is 12.1. The minimum atomic E-state index is -3.47. The van der Waals surface area contributed by atoms with Crippen LogP contribution in [0.5, 0.6) is 0 Å². The number of sulfonamides is 1. The highest BCUT2D eigenvalue weighted by Gasteiger charge is 2.26. The lowest BCUT2D eigenvalue weighted by molar-refractivity contribution is 0.433. The Bertz CT molecular complexity index is 838. The average molecular weight is 378 g/mol. The van der Waals surface area contributed by atoms with Crippen LogP contribution in [0.3, 0.4) is 0 Å². The molecule has 0 spiro atoms. The number of nitrogens with zero attached hydrogens (tertiary/aromatic N) is 1. The predicted molar refractivity (Wildman–Crippen MR) is 102 cm³/mol. The standard InChI is InChI=1S/C19H20FNO2S2/c20-18-9-5-4-8-17(18)19-10-12-21(13-14-24-19)25(22,23)15-11-16-6-2-1-3-7-16/h1-9,11,15,19H,10,12-14H2/b15-11+/t19-/m1/s1. The predicted octanol–water partition coefficient (Wildman–Crippen LogP) is 4.31. The molecule has 25 heavy (non-hydrogen) atoms. The Morgan fingerprint density at radius 2 is 1.76 bits per heavy atom. The van der Waals surface area contributed by atoms with E-state index in [2.05, 4.69) is 0 Å². The van der Waals surface area contributed by atoms with Crippen molar-refractivity contribution < 1.29 is 12.8 Å². The fraction of sp³-hybridized carbons (Fsp3) is 0.263. The van der Waals surface area contributed by atoms with Crippen LogP contribution < -0.4 is 0 Å². The fourth-order valence-corrected chi connectivity index (χ4v) is 5.38. The van der Waals surface area contributed by atoms with Gasteiger partial charge in [0.05, 0.1) is 0 Å². The van der Waals surface area contributed by atoms with Gasteiger partial charge in [-0.3, -0.25) is 0 Å². The van der Waals surface area contributed by atoms with Crippen molar-refractivity contribution in [3.8, 4) is 0 Å². The van der Waals surface area contributed by atoms with Crippen molar-refractivity contribution in [2.45, 2.75) is 11.7 Å². The Morgan fingerprint density at radius 1 is 1.04 bits per heavy atom. The summed E-state index contributed by atoms with van der Waals surface area (Å²) in [5.74, 6) is 0.428. The Balaban J connectivity index is 1.70. The average Bonchev–Trinajstić information content (AvgIpc) is 2.88. The van der Waals surface area contributed by atoms with Gasteiger partial charge in [-0.05, 0) is 24.1 Å². The molecule has 1 fully saturated rings. The number of hydrogen-bond donors (Lipinski definition) is 0.